The SMILES string of the molecule is CCC(NCc1cccc(F)c1F)C(C)C. The van der Waals surface area contributed by atoms with Gasteiger partial charge in [-0.3, -0.25) is 0 Å². The van der Waals surface area contributed by atoms with Gasteiger partial charge in [0.15, 0.2) is 11.6 Å². The van der Waals surface area contributed by atoms with Gasteiger partial charge in [0, 0.05) is 18.2 Å². The predicted molar refractivity (Wildman–Crippen MR) is 62.1 cm³/mol. The van der Waals surface area contributed by atoms with E-state index in [9.17, 15) is 8.78 Å². The molecular weight excluding hydrogens is 208 g/mol. The predicted octanol–water partition coefficient (Wildman–Crippen LogP) is 3.49. The second-order valence-corrected chi connectivity index (χ2v) is 4.35. The molecule has 0 amide bonds. The van der Waals surface area contributed by atoms with Gasteiger partial charge >= 0.3 is 0 Å². The lowest BCUT2D eigenvalue weighted by atomic mass is 10.0. The van der Waals surface area contributed by atoms with Gasteiger partial charge < -0.3 is 5.32 Å². The molecule has 1 aromatic rings. The Labute approximate surface area is 95.9 Å². The van der Waals surface area contributed by atoms with Gasteiger partial charge in [0.2, 0.25) is 0 Å². The minimum Gasteiger partial charge on any atom is -0.310 e. The van der Waals surface area contributed by atoms with Crippen LogP contribution >= 0.6 is 0 Å². The molecule has 0 aromatic heterocycles. The molecule has 0 saturated carbocycles. The molecule has 0 bridgehead atoms. The van der Waals surface area contributed by atoms with Gasteiger partial charge in [-0.15, -0.1) is 0 Å². The van der Waals surface area contributed by atoms with Gasteiger partial charge in [-0.2, -0.15) is 0 Å². The summed E-state index contributed by atoms with van der Waals surface area (Å²) in [6.07, 6.45) is 0.981. The van der Waals surface area contributed by atoms with Crippen LogP contribution < -0.4 is 5.32 Å². The van der Waals surface area contributed by atoms with E-state index in [2.05, 4.69) is 26.1 Å². The number of nitrogens with one attached hydrogen (secondary N) is 1. The Kier molecular flexibility index (Phi) is 4.87. The first-order chi connectivity index (χ1) is 7.56. The molecule has 0 radical (unpaired) electrons. The third-order valence-electron chi connectivity index (χ3n) is 2.83. The zero-order chi connectivity index (χ0) is 12.1. The van der Waals surface area contributed by atoms with Gasteiger partial charge in [-0.25, -0.2) is 8.78 Å². The highest BCUT2D eigenvalue weighted by Gasteiger charge is 2.12. The quantitative estimate of drug-likeness (QED) is 0.812. The number of halogens is 2. The molecule has 0 aliphatic carbocycles. The zero-order valence-electron chi connectivity index (χ0n) is 10.1. The van der Waals surface area contributed by atoms with Crippen LogP contribution in [0.5, 0.6) is 0 Å². The van der Waals surface area contributed by atoms with Crippen LogP contribution in [-0.4, -0.2) is 6.04 Å². The van der Waals surface area contributed by atoms with Crippen molar-refractivity contribution in [2.45, 2.75) is 39.8 Å². The monoisotopic (exact) mass is 227 g/mol. The Bertz CT molecular complexity index is 337. The van der Waals surface area contributed by atoms with Crippen molar-refractivity contribution in [3.63, 3.8) is 0 Å². The molecule has 1 unspecified atom stereocenters. The maximum Gasteiger partial charge on any atom is 0.163 e. The Balaban J connectivity index is 2.64. The van der Waals surface area contributed by atoms with E-state index < -0.39 is 11.6 Å². The van der Waals surface area contributed by atoms with Crippen LogP contribution in [0.15, 0.2) is 18.2 Å². The van der Waals surface area contributed by atoms with Gasteiger partial charge in [-0.05, 0) is 18.4 Å². The average molecular weight is 227 g/mol. The highest BCUT2D eigenvalue weighted by molar-refractivity contribution is 5.18. The van der Waals surface area contributed by atoms with E-state index in [-0.39, 0.29) is 0 Å². The van der Waals surface area contributed by atoms with E-state index in [4.69, 9.17) is 0 Å². The number of hydrogen-bond donors (Lipinski definition) is 1. The van der Waals surface area contributed by atoms with Gasteiger partial charge in [0.25, 0.3) is 0 Å². The molecule has 0 saturated heterocycles. The van der Waals surface area contributed by atoms with Crippen molar-refractivity contribution in [2.75, 3.05) is 0 Å². The number of hydrogen-bond acceptors (Lipinski definition) is 1. The van der Waals surface area contributed by atoms with Crippen LogP contribution in [0, 0.1) is 17.6 Å². The van der Waals surface area contributed by atoms with Crippen molar-refractivity contribution in [2.24, 2.45) is 5.92 Å². The van der Waals surface area contributed by atoms with Gasteiger partial charge in [0.05, 0.1) is 0 Å². The first kappa shape index (κ1) is 13.1. The smallest absolute Gasteiger partial charge is 0.163 e. The van der Waals surface area contributed by atoms with Crippen LogP contribution in [0.1, 0.15) is 32.8 Å². The summed E-state index contributed by atoms with van der Waals surface area (Å²) in [5.74, 6) is -1.04. The zero-order valence-corrected chi connectivity index (χ0v) is 10.1. The first-order valence-electron chi connectivity index (χ1n) is 5.72. The molecule has 90 valence electrons. The molecule has 0 fully saturated rings. The second-order valence-electron chi connectivity index (χ2n) is 4.35. The summed E-state index contributed by atoms with van der Waals surface area (Å²) in [5.41, 5.74) is 0.388. The van der Waals surface area contributed by atoms with E-state index in [1.54, 1.807) is 6.07 Å². The Hall–Kier alpha value is -0.960. The minimum atomic E-state index is -0.781. The second kappa shape index (κ2) is 5.94. The average Bonchev–Trinajstić information content (AvgIpc) is 2.24. The molecule has 1 aromatic carbocycles. The van der Waals surface area contributed by atoms with Crippen molar-refractivity contribution in [1.82, 2.24) is 5.32 Å². The van der Waals surface area contributed by atoms with E-state index in [0.717, 1.165) is 12.5 Å². The van der Waals surface area contributed by atoms with Crippen LogP contribution in [0.3, 0.4) is 0 Å². The highest BCUT2D eigenvalue weighted by atomic mass is 19.2. The van der Waals surface area contributed by atoms with Crippen molar-refractivity contribution < 1.29 is 8.78 Å². The summed E-state index contributed by atoms with van der Waals surface area (Å²) >= 11 is 0. The Morgan fingerprint density at radius 2 is 1.94 bits per heavy atom. The minimum absolute atomic E-state index is 0.336. The van der Waals surface area contributed by atoms with Crippen LogP contribution in [-0.2, 0) is 6.54 Å². The molecule has 0 aliphatic heterocycles. The molecule has 1 nitrogen and oxygen atoms in total. The number of benzene rings is 1. The first-order valence-corrected chi connectivity index (χ1v) is 5.72. The molecule has 0 spiro atoms. The molecule has 3 heteroatoms. The maximum atomic E-state index is 13.3. The van der Waals surface area contributed by atoms with E-state index in [1.807, 2.05) is 0 Å². The standard InChI is InChI=1S/C13H19F2N/c1-4-12(9(2)3)16-8-10-6-5-7-11(14)13(10)15/h5-7,9,12,16H,4,8H2,1-3H3. The van der Waals surface area contributed by atoms with Crippen LogP contribution in [0.4, 0.5) is 8.78 Å². The molecule has 0 heterocycles. The van der Waals surface area contributed by atoms with Gasteiger partial charge in [0.1, 0.15) is 0 Å². The molecule has 1 N–H and O–H groups in total. The fourth-order valence-electron chi connectivity index (χ4n) is 1.78. The normalized spacial score (nSPS) is 13.1. The fraction of sp³-hybridized carbons (Fsp3) is 0.538. The van der Waals surface area contributed by atoms with E-state index in [0.29, 0.717) is 24.1 Å². The maximum absolute atomic E-state index is 13.3. The largest absolute Gasteiger partial charge is 0.310 e. The molecular formula is C13H19F2N. The third-order valence-corrected chi connectivity index (χ3v) is 2.83. The molecule has 16 heavy (non-hydrogen) atoms. The highest BCUT2D eigenvalue weighted by Crippen LogP contribution is 2.12. The van der Waals surface area contributed by atoms with Crippen molar-refractivity contribution >= 4 is 0 Å². The summed E-state index contributed by atoms with van der Waals surface area (Å²) in [6, 6.07) is 4.62. The lowest BCUT2D eigenvalue weighted by Crippen LogP contribution is -2.32. The Morgan fingerprint density at radius 1 is 1.25 bits per heavy atom. The fourth-order valence-corrected chi connectivity index (χ4v) is 1.78. The molecule has 1 atom stereocenters. The summed E-state index contributed by atoms with van der Waals surface area (Å²) < 4.78 is 26.3. The molecule has 0 aliphatic rings. The molecule has 1 rings (SSSR count). The van der Waals surface area contributed by atoms with Crippen LogP contribution in [0.25, 0.3) is 0 Å². The topological polar surface area (TPSA) is 12.0 Å². The third kappa shape index (κ3) is 3.27. The van der Waals surface area contributed by atoms with Crippen LogP contribution in [0.2, 0.25) is 0 Å². The summed E-state index contributed by atoms with van der Waals surface area (Å²) in [6.45, 7) is 6.69. The summed E-state index contributed by atoms with van der Waals surface area (Å²) in [5, 5.41) is 3.25. The lowest BCUT2D eigenvalue weighted by molar-refractivity contribution is 0.382. The number of rotatable bonds is 5. The van der Waals surface area contributed by atoms with Gasteiger partial charge in [-0.1, -0.05) is 32.9 Å². The van der Waals surface area contributed by atoms with E-state index in [1.165, 1.54) is 6.07 Å². The lowest BCUT2D eigenvalue weighted by Gasteiger charge is -2.20. The Morgan fingerprint density at radius 3 is 2.50 bits per heavy atom. The van der Waals surface area contributed by atoms with Crippen molar-refractivity contribution in [3.05, 3.63) is 35.4 Å². The van der Waals surface area contributed by atoms with Crippen molar-refractivity contribution in [3.8, 4) is 0 Å². The summed E-state index contributed by atoms with van der Waals surface area (Å²) in [4.78, 5) is 0. The van der Waals surface area contributed by atoms with Crippen molar-refractivity contribution in [1.29, 1.82) is 0 Å². The summed E-state index contributed by atoms with van der Waals surface area (Å²) in [7, 11) is 0. The van der Waals surface area contributed by atoms with E-state index >= 15 is 0 Å².